The second-order valence-corrected chi connectivity index (χ2v) is 11.1. The smallest absolute Gasteiger partial charge is 0.263 e. The maximum Gasteiger partial charge on any atom is 0.263 e. The lowest BCUT2D eigenvalue weighted by Crippen LogP contribution is -2.48. The molecule has 4 nitrogen and oxygen atoms in total. The molecule has 0 aliphatic carbocycles. The molecule has 0 radical (unpaired) electrons. The van der Waals surface area contributed by atoms with Crippen molar-refractivity contribution in [3.05, 3.63) is 51.7 Å². The van der Waals surface area contributed by atoms with Crippen LogP contribution in [0.2, 0.25) is 0 Å². The third-order valence-electron chi connectivity index (χ3n) is 6.92. The molecule has 2 aliphatic heterocycles. The first-order chi connectivity index (χ1) is 14.9. The molecule has 2 aromatic rings. The van der Waals surface area contributed by atoms with Crippen molar-refractivity contribution < 1.29 is 9.53 Å². The number of nitrogens with zero attached hydrogens (tertiary/aromatic N) is 2. The fraction of sp³-hybridized carbons (Fsp3) is 0.577. The summed E-state index contributed by atoms with van der Waals surface area (Å²) in [5.41, 5.74) is 1.72. The topological polar surface area (TPSA) is 32.8 Å². The molecular formula is C26H36N2O2S. The van der Waals surface area contributed by atoms with Crippen molar-refractivity contribution in [1.82, 2.24) is 9.80 Å². The Bertz CT molecular complexity index is 873. The number of hydrogen-bond acceptors (Lipinski definition) is 4. The summed E-state index contributed by atoms with van der Waals surface area (Å²) in [6.07, 6.45) is 4.76. The average Bonchev–Trinajstić information content (AvgIpc) is 3.21. The van der Waals surface area contributed by atoms with Gasteiger partial charge in [0.05, 0.1) is 11.5 Å². The van der Waals surface area contributed by atoms with Crippen LogP contribution in [0.25, 0.3) is 0 Å². The quantitative estimate of drug-likeness (QED) is 0.585. The van der Waals surface area contributed by atoms with Gasteiger partial charge >= 0.3 is 0 Å². The Morgan fingerprint density at radius 3 is 2.35 bits per heavy atom. The second-order valence-electron chi connectivity index (χ2n) is 9.79. The first-order valence-electron chi connectivity index (χ1n) is 11.7. The van der Waals surface area contributed by atoms with Crippen molar-refractivity contribution in [3.63, 3.8) is 0 Å². The predicted molar refractivity (Wildman–Crippen MR) is 128 cm³/mol. The number of likely N-dealkylation sites (tertiary alicyclic amines) is 2. The van der Waals surface area contributed by atoms with Gasteiger partial charge in [-0.25, -0.2) is 0 Å². The highest BCUT2D eigenvalue weighted by atomic mass is 32.1. The maximum atomic E-state index is 12.8. The van der Waals surface area contributed by atoms with E-state index in [2.05, 4.69) is 54.8 Å². The maximum absolute atomic E-state index is 12.8. The third-order valence-corrected chi connectivity index (χ3v) is 7.91. The van der Waals surface area contributed by atoms with E-state index < -0.39 is 0 Å². The highest BCUT2D eigenvalue weighted by molar-refractivity contribution is 7.13. The molecule has 2 saturated heterocycles. The van der Waals surface area contributed by atoms with E-state index >= 15 is 0 Å². The number of amides is 1. The van der Waals surface area contributed by atoms with E-state index in [1.54, 1.807) is 11.3 Å². The number of piperidine rings is 2. The molecule has 0 unspecified atom stereocenters. The minimum Gasteiger partial charge on any atom is -0.493 e. The number of hydrogen-bond donors (Lipinski definition) is 0. The molecule has 0 bridgehead atoms. The standard InChI is InChI=1S/C26H36N2O2S/c1-20(2)19-30-23-7-5-4-6-22(23)18-27-14-10-26(11-15-27)12-16-28(17-13-26)25(29)24-9-8-21(3)31-24/h4-9,20H,10-19H2,1-3H3. The Morgan fingerprint density at radius 2 is 1.71 bits per heavy atom. The Kier molecular flexibility index (Phi) is 7.02. The molecule has 1 aromatic heterocycles. The van der Waals surface area contributed by atoms with E-state index in [1.807, 2.05) is 12.1 Å². The lowest BCUT2D eigenvalue weighted by Gasteiger charge is -2.47. The summed E-state index contributed by atoms with van der Waals surface area (Å²) in [7, 11) is 0. The van der Waals surface area contributed by atoms with Gasteiger partial charge in [0.25, 0.3) is 5.91 Å². The van der Waals surface area contributed by atoms with Crippen molar-refractivity contribution in [2.45, 2.75) is 53.0 Å². The van der Waals surface area contributed by atoms with E-state index in [1.165, 1.54) is 23.3 Å². The fourth-order valence-electron chi connectivity index (χ4n) is 4.85. The van der Waals surface area contributed by atoms with E-state index in [9.17, 15) is 4.79 Å². The molecule has 2 aliphatic rings. The van der Waals surface area contributed by atoms with Gasteiger partial charge in [-0.3, -0.25) is 9.69 Å². The number of aryl methyl sites for hydroxylation is 1. The first-order valence-corrected chi connectivity index (χ1v) is 12.5. The summed E-state index contributed by atoms with van der Waals surface area (Å²) >= 11 is 1.62. The zero-order chi connectivity index (χ0) is 21.8. The number of para-hydroxylation sites is 1. The van der Waals surface area contributed by atoms with Gasteiger partial charge in [-0.15, -0.1) is 11.3 Å². The van der Waals surface area contributed by atoms with Crippen molar-refractivity contribution in [2.24, 2.45) is 11.3 Å². The summed E-state index contributed by atoms with van der Waals surface area (Å²) in [6.45, 7) is 12.2. The van der Waals surface area contributed by atoms with Gasteiger partial charge in [0.15, 0.2) is 0 Å². The molecule has 1 aromatic carbocycles. The number of rotatable bonds is 6. The van der Waals surface area contributed by atoms with Crippen LogP contribution in [0.3, 0.4) is 0 Å². The van der Waals surface area contributed by atoms with E-state index in [0.717, 1.165) is 62.8 Å². The summed E-state index contributed by atoms with van der Waals surface area (Å²) in [5, 5.41) is 0. The van der Waals surface area contributed by atoms with Crippen LogP contribution in [0.5, 0.6) is 5.75 Å². The number of thiophene rings is 1. The van der Waals surface area contributed by atoms with Crippen LogP contribution in [0.1, 0.15) is 59.6 Å². The van der Waals surface area contributed by atoms with Gasteiger partial charge in [0, 0.05) is 30.1 Å². The number of carbonyl (C=O) groups is 1. The first kappa shape index (κ1) is 22.3. The van der Waals surface area contributed by atoms with Gasteiger partial charge < -0.3 is 9.64 Å². The Morgan fingerprint density at radius 1 is 1.03 bits per heavy atom. The van der Waals surface area contributed by atoms with Crippen molar-refractivity contribution in [2.75, 3.05) is 32.8 Å². The van der Waals surface area contributed by atoms with Crippen LogP contribution in [0.15, 0.2) is 36.4 Å². The molecule has 1 amide bonds. The summed E-state index contributed by atoms with van der Waals surface area (Å²) in [5.74, 6) is 1.79. The number of benzene rings is 1. The van der Waals surface area contributed by atoms with E-state index in [-0.39, 0.29) is 5.91 Å². The van der Waals surface area contributed by atoms with Crippen LogP contribution in [-0.2, 0) is 6.54 Å². The molecular weight excluding hydrogens is 404 g/mol. The van der Waals surface area contributed by atoms with Crippen LogP contribution < -0.4 is 4.74 Å². The van der Waals surface area contributed by atoms with Crippen molar-refractivity contribution >= 4 is 17.2 Å². The Hall–Kier alpha value is -1.85. The zero-order valence-electron chi connectivity index (χ0n) is 19.2. The van der Waals surface area contributed by atoms with Gasteiger partial charge in [0.1, 0.15) is 5.75 Å². The third kappa shape index (κ3) is 5.50. The van der Waals surface area contributed by atoms with Crippen LogP contribution in [0.4, 0.5) is 0 Å². The highest BCUT2D eigenvalue weighted by Crippen LogP contribution is 2.42. The fourth-order valence-corrected chi connectivity index (χ4v) is 5.68. The van der Waals surface area contributed by atoms with Crippen LogP contribution >= 0.6 is 11.3 Å². The molecule has 0 atom stereocenters. The summed E-state index contributed by atoms with van der Waals surface area (Å²) in [4.78, 5) is 19.5. The van der Waals surface area contributed by atoms with Crippen LogP contribution in [0, 0.1) is 18.3 Å². The largest absolute Gasteiger partial charge is 0.493 e. The molecule has 0 N–H and O–H groups in total. The minimum absolute atomic E-state index is 0.225. The van der Waals surface area contributed by atoms with Crippen molar-refractivity contribution in [1.29, 1.82) is 0 Å². The molecule has 5 heteroatoms. The Balaban J connectivity index is 1.28. The summed E-state index contributed by atoms with van der Waals surface area (Å²) in [6, 6.07) is 12.5. The number of ether oxygens (including phenoxy) is 1. The molecule has 4 rings (SSSR count). The van der Waals surface area contributed by atoms with E-state index in [0.29, 0.717) is 11.3 Å². The summed E-state index contributed by atoms with van der Waals surface area (Å²) < 4.78 is 6.06. The van der Waals surface area contributed by atoms with Gasteiger partial charge in [-0.2, -0.15) is 0 Å². The monoisotopic (exact) mass is 440 g/mol. The van der Waals surface area contributed by atoms with Gasteiger partial charge in [0.2, 0.25) is 0 Å². The SMILES string of the molecule is Cc1ccc(C(=O)N2CCC3(CCN(Cc4ccccc4OCC(C)C)CC3)CC2)s1. The molecule has 0 saturated carbocycles. The predicted octanol–water partition coefficient (Wildman–Crippen LogP) is 5.61. The van der Waals surface area contributed by atoms with Gasteiger partial charge in [-0.1, -0.05) is 32.0 Å². The van der Waals surface area contributed by atoms with E-state index in [4.69, 9.17) is 4.74 Å². The van der Waals surface area contributed by atoms with Crippen molar-refractivity contribution in [3.8, 4) is 5.75 Å². The highest BCUT2D eigenvalue weighted by Gasteiger charge is 2.38. The zero-order valence-corrected chi connectivity index (χ0v) is 20.0. The lowest BCUT2D eigenvalue weighted by molar-refractivity contribution is 0.0286. The average molecular weight is 441 g/mol. The van der Waals surface area contributed by atoms with Gasteiger partial charge in [-0.05, 0) is 75.2 Å². The Labute approximate surface area is 191 Å². The lowest BCUT2D eigenvalue weighted by atomic mass is 9.71. The number of carbonyl (C=O) groups excluding carboxylic acids is 1. The molecule has 168 valence electrons. The minimum atomic E-state index is 0.225. The molecule has 3 heterocycles. The molecule has 1 spiro atoms. The molecule has 31 heavy (non-hydrogen) atoms. The van der Waals surface area contributed by atoms with Crippen LogP contribution in [-0.4, -0.2) is 48.5 Å². The second kappa shape index (κ2) is 9.74. The normalized spacial score (nSPS) is 19.2. The molecule has 2 fully saturated rings.